The number of carbonyl (C=O) groups is 1. The first-order chi connectivity index (χ1) is 11.7. The molecular formula is C19H30N4O. The van der Waals surface area contributed by atoms with Crippen LogP contribution in [0.1, 0.15) is 57.1 Å². The van der Waals surface area contributed by atoms with E-state index in [2.05, 4.69) is 40.0 Å². The van der Waals surface area contributed by atoms with Crippen LogP contribution in [0.3, 0.4) is 0 Å². The van der Waals surface area contributed by atoms with Crippen molar-refractivity contribution in [2.24, 2.45) is 4.99 Å². The highest BCUT2D eigenvalue weighted by atomic mass is 16.1. The third-order valence-corrected chi connectivity index (χ3v) is 4.49. The monoisotopic (exact) mass is 330 g/mol. The van der Waals surface area contributed by atoms with Crippen LogP contribution in [0.15, 0.2) is 35.3 Å². The molecular weight excluding hydrogens is 300 g/mol. The standard InChI is InChI=1S/C19H30N4O/c1-15(16-9-5-3-6-10-16)22-19(20-2)21-14-13-18(24)23-17-11-7-4-8-12-17/h3,5-6,9-10,15,17H,4,7-8,11-14H2,1-2H3,(H,23,24)(H2,20,21,22). The maximum Gasteiger partial charge on any atom is 0.221 e. The quantitative estimate of drug-likeness (QED) is 0.555. The van der Waals surface area contributed by atoms with Crippen LogP contribution in [0.4, 0.5) is 0 Å². The van der Waals surface area contributed by atoms with Crippen molar-refractivity contribution in [2.45, 2.75) is 57.5 Å². The molecule has 1 aliphatic carbocycles. The summed E-state index contributed by atoms with van der Waals surface area (Å²) in [6, 6.07) is 10.8. The largest absolute Gasteiger partial charge is 0.356 e. The van der Waals surface area contributed by atoms with Gasteiger partial charge >= 0.3 is 0 Å². The molecule has 5 nitrogen and oxygen atoms in total. The minimum Gasteiger partial charge on any atom is -0.356 e. The summed E-state index contributed by atoms with van der Waals surface area (Å²) in [7, 11) is 1.75. The first kappa shape index (κ1) is 18.3. The second-order valence-corrected chi connectivity index (χ2v) is 6.43. The Kier molecular flexibility index (Phi) is 7.59. The fourth-order valence-corrected chi connectivity index (χ4v) is 3.07. The van der Waals surface area contributed by atoms with Gasteiger partial charge in [-0.15, -0.1) is 0 Å². The lowest BCUT2D eigenvalue weighted by Gasteiger charge is -2.23. The van der Waals surface area contributed by atoms with Crippen molar-refractivity contribution in [1.82, 2.24) is 16.0 Å². The average Bonchev–Trinajstić information content (AvgIpc) is 2.62. The van der Waals surface area contributed by atoms with Crippen LogP contribution in [0.5, 0.6) is 0 Å². The Labute approximate surface area is 145 Å². The molecule has 0 spiro atoms. The number of nitrogens with one attached hydrogen (secondary N) is 3. The molecule has 0 saturated heterocycles. The van der Waals surface area contributed by atoms with Crippen molar-refractivity contribution < 1.29 is 4.79 Å². The van der Waals surface area contributed by atoms with Crippen molar-refractivity contribution >= 4 is 11.9 Å². The fraction of sp³-hybridized carbons (Fsp3) is 0.579. The Morgan fingerprint density at radius 2 is 1.92 bits per heavy atom. The Morgan fingerprint density at radius 1 is 1.21 bits per heavy atom. The van der Waals surface area contributed by atoms with Crippen LogP contribution in [0.2, 0.25) is 0 Å². The summed E-state index contributed by atoms with van der Waals surface area (Å²) in [5.74, 6) is 0.845. The van der Waals surface area contributed by atoms with Gasteiger partial charge in [0.25, 0.3) is 0 Å². The van der Waals surface area contributed by atoms with Crippen LogP contribution >= 0.6 is 0 Å². The molecule has 0 bridgehead atoms. The number of amides is 1. The van der Waals surface area contributed by atoms with Gasteiger partial charge in [0.1, 0.15) is 0 Å². The summed E-state index contributed by atoms with van der Waals surface area (Å²) in [5.41, 5.74) is 1.20. The number of nitrogens with zero attached hydrogens (tertiary/aromatic N) is 1. The van der Waals surface area contributed by atoms with Gasteiger partial charge in [0.05, 0.1) is 6.04 Å². The van der Waals surface area contributed by atoms with E-state index in [9.17, 15) is 4.79 Å². The molecule has 24 heavy (non-hydrogen) atoms. The second kappa shape index (κ2) is 9.96. The predicted molar refractivity (Wildman–Crippen MR) is 99.0 cm³/mol. The van der Waals surface area contributed by atoms with E-state index >= 15 is 0 Å². The number of hydrogen-bond donors (Lipinski definition) is 3. The zero-order valence-corrected chi connectivity index (χ0v) is 14.8. The summed E-state index contributed by atoms with van der Waals surface area (Å²) in [4.78, 5) is 16.2. The van der Waals surface area contributed by atoms with Gasteiger partial charge in [0.15, 0.2) is 5.96 Å². The van der Waals surface area contributed by atoms with E-state index in [4.69, 9.17) is 0 Å². The predicted octanol–water partition coefficient (Wildman–Crippen LogP) is 2.75. The van der Waals surface area contributed by atoms with Gasteiger partial charge in [-0.1, -0.05) is 49.6 Å². The van der Waals surface area contributed by atoms with Crippen molar-refractivity contribution in [1.29, 1.82) is 0 Å². The summed E-state index contributed by atoms with van der Waals surface area (Å²) in [5, 5.41) is 9.70. The maximum atomic E-state index is 12.0. The Hall–Kier alpha value is -2.04. The Bertz CT molecular complexity index is 523. The minimum absolute atomic E-state index is 0.126. The van der Waals surface area contributed by atoms with E-state index in [1.807, 2.05) is 18.2 Å². The molecule has 2 rings (SSSR count). The molecule has 1 aliphatic rings. The van der Waals surface area contributed by atoms with Crippen molar-refractivity contribution in [3.63, 3.8) is 0 Å². The number of guanidine groups is 1. The number of hydrogen-bond acceptors (Lipinski definition) is 2. The molecule has 0 aliphatic heterocycles. The molecule has 0 aromatic heterocycles. The molecule has 3 N–H and O–H groups in total. The smallest absolute Gasteiger partial charge is 0.221 e. The molecule has 1 fully saturated rings. The first-order valence-electron chi connectivity index (χ1n) is 9.00. The SMILES string of the molecule is CN=C(NCCC(=O)NC1CCCCC1)NC(C)c1ccccc1. The van der Waals surface area contributed by atoms with E-state index in [-0.39, 0.29) is 11.9 Å². The van der Waals surface area contributed by atoms with E-state index < -0.39 is 0 Å². The van der Waals surface area contributed by atoms with Crippen LogP contribution < -0.4 is 16.0 Å². The molecule has 1 saturated carbocycles. The van der Waals surface area contributed by atoms with E-state index in [0.29, 0.717) is 19.0 Å². The zero-order chi connectivity index (χ0) is 17.2. The second-order valence-electron chi connectivity index (χ2n) is 6.43. The molecule has 1 atom stereocenters. The Balaban J connectivity index is 1.68. The number of benzene rings is 1. The van der Waals surface area contributed by atoms with Gasteiger partial charge in [-0.25, -0.2) is 0 Å². The van der Waals surface area contributed by atoms with Gasteiger partial charge in [0.2, 0.25) is 5.91 Å². The third-order valence-electron chi connectivity index (χ3n) is 4.49. The lowest BCUT2D eigenvalue weighted by atomic mass is 9.95. The molecule has 1 aromatic rings. The summed E-state index contributed by atoms with van der Waals surface area (Å²) in [6.45, 7) is 2.68. The molecule has 1 aromatic carbocycles. The van der Waals surface area contributed by atoms with Gasteiger partial charge in [-0.05, 0) is 25.3 Å². The molecule has 0 heterocycles. The van der Waals surface area contributed by atoms with Crippen LogP contribution in [0.25, 0.3) is 0 Å². The van der Waals surface area contributed by atoms with Crippen molar-refractivity contribution in [2.75, 3.05) is 13.6 Å². The molecule has 5 heteroatoms. The topological polar surface area (TPSA) is 65.5 Å². The maximum absolute atomic E-state index is 12.0. The summed E-state index contributed by atoms with van der Waals surface area (Å²) < 4.78 is 0. The number of carbonyl (C=O) groups excluding carboxylic acids is 1. The van der Waals surface area contributed by atoms with Crippen molar-refractivity contribution in [3.05, 3.63) is 35.9 Å². The van der Waals surface area contributed by atoms with E-state index in [0.717, 1.165) is 18.8 Å². The average molecular weight is 330 g/mol. The molecule has 1 unspecified atom stereocenters. The Morgan fingerprint density at radius 3 is 2.58 bits per heavy atom. The number of aliphatic imine (C=N–C) groups is 1. The lowest BCUT2D eigenvalue weighted by Crippen LogP contribution is -2.42. The van der Waals surface area contributed by atoms with Gasteiger partial charge in [0, 0.05) is 26.1 Å². The molecule has 1 amide bonds. The normalized spacial score (nSPS) is 17.2. The number of rotatable bonds is 6. The highest BCUT2D eigenvalue weighted by Crippen LogP contribution is 2.17. The van der Waals surface area contributed by atoms with Crippen LogP contribution in [-0.2, 0) is 4.79 Å². The highest BCUT2D eigenvalue weighted by Gasteiger charge is 2.15. The van der Waals surface area contributed by atoms with Crippen molar-refractivity contribution in [3.8, 4) is 0 Å². The first-order valence-corrected chi connectivity index (χ1v) is 9.00. The van der Waals surface area contributed by atoms with Gasteiger partial charge < -0.3 is 16.0 Å². The van der Waals surface area contributed by atoms with E-state index in [1.165, 1.54) is 24.8 Å². The molecule has 132 valence electrons. The summed E-state index contributed by atoms with van der Waals surface area (Å²) in [6.07, 6.45) is 6.48. The third kappa shape index (κ3) is 6.22. The van der Waals surface area contributed by atoms with Gasteiger partial charge in [-0.2, -0.15) is 0 Å². The van der Waals surface area contributed by atoms with Crippen LogP contribution in [0, 0.1) is 0 Å². The summed E-state index contributed by atoms with van der Waals surface area (Å²) >= 11 is 0. The minimum atomic E-state index is 0.126. The highest BCUT2D eigenvalue weighted by molar-refractivity contribution is 5.81. The zero-order valence-electron chi connectivity index (χ0n) is 14.8. The van der Waals surface area contributed by atoms with Crippen LogP contribution in [-0.4, -0.2) is 31.5 Å². The lowest BCUT2D eigenvalue weighted by molar-refractivity contribution is -0.121. The molecule has 0 radical (unpaired) electrons. The fourth-order valence-electron chi connectivity index (χ4n) is 3.07. The van der Waals surface area contributed by atoms with Gasteiger partial charge in [-0.3, -0.25) is 9.79 Å². The van der Waals surface area contributed by atoms with E-state index in [1.54, 1.807) is 7.05 Å².